The van der Waals surface area contributed by atoms with Gasteiger partial charge >= 0.3 is 0 Å². The van der Waals surface area contributed by atoms with Crippen LogP contribution in [0.2, 0.25) is 5.02 Å². The SMILES string of the molecule is Cc1ccc(S(=O)(=O)NCCNC(=O)CN(Cc2ccc(Cl)cc2)S(=O)(=O)c2ccc(Br)cc2)cc1. The number of hydrogen-bond donors (Lipinski definition) is 2. The molecule has 0 saturated heterocycles. The summed E-state index contributed by atoms with van der Waals surface area (Å²) in [5.74, 6) is -0.570. The van der Waals surface area contributed by atoms with Crippen molar-refractivity contribution in [1.29, 1.82) is 0 Å². The van der Waals surface area contributed by atoms with Gasteiger partial charge in [0.1, 0.15) is 0 Å². The van der Waals surface area contributed by atoms with Crippen LogP contribution in [-0.2, 0) is 31.4 Å². The Hall–Kier alpha value is -2.28. The van der Waals surface area contributed by atoms with Gasteiger partial charge in [-0.3, -0.25) is 4.79 Å². The smallest absolute Gasteiger partial charge is 0.243 e. The summed E-state index contributed by atoms with van der Waals surface area (Å²) in [6.45, 7) is 1.27. The number of benzene rings is 3. The van der Waals surface area contributed by atoms with Crippen LogP contribution in [0, 0.1) is 6.92 Å². The highest BCUT2D eigenvalue weighted by Gasteiger charge is 2.27. The minimum Gasteiger partial charge on any atom is -0.354 e. The van der Waals surface area contributed by atoms with Gasteiger partial charge in [-0.05, 0) is 61.0 Å². The molecule has 3 aromatic carbocycles. The molecule has 0 bridgehead atoms. The molecule has 0 atom stereocenters. The van der Waals surface area contributed by atoms with Crippen LogP contribution in [0.4, 0.5) is 0 Å². The van der Waals surface area contributed by atoms with Crippen LogP contribution in [0.5, 0.6) is 0 Å². The van der Waals surface area contributed by atoms with Crippen LogP contribution in [0.3, 0.4) is 0 Å². The molecular formula is C24H25BrClN3O5S2. The summed E-state index contributed by atoms with van der Waals surface area (Å²) in [6, 6.07) is 19.1. The molecule has 0 unspecified atom stereocenters. The van der Waals surface area contributed by atoms with E-state index in [1.54, 1.807) is 48.5 Å². The molecule has 8 nitrogen and oxygen atoms in total. The van der Waals surface area contributed by atoms with Crippen molar-refractivity contribution >= 4 is 53.5 Å². The first-order chi connectivity index (χ1) is 17.0. The minimum atomic E-state index is -4.01. The van der Waals surface area contributed by atoms with E-state index in [1.807, 2.05) is 6.92 Å². The van der Waals surface area contributed by atoms with E-state index in [0.717, 1.165) is 14.3 Å². The first-order valence-corrected chi connectivity index (χ1v) is 14.9. The number of rotatable bonds is 11. The fourth-order valence-electron chi connectivity index (χ4n) is 3.18. The molecule has 0 radical (unpaired) electrons. The third kappa shape index (κ3) is 7.86. The van der Waals surface area contributed by atoms with Gasteiger partial charge in [0.2, 0.25) is 26.0 Å². The number of carbonyl (C=O) groups is 1. The quantitative estimate of drug-likeness (QED) is 0.320. The Bertz CT molecular complexity index is 1400. The number of hydrogen-bond acceptors (Lipinski definition) is 5. The predicted octanol–water partition coefficient (Wildman–Crippen LogP) is 3.70. The normalized spacial score (nSPS) is 12.0. The highest BCUT2D eigenvalue weighted by atomic mass is 79.9. The second-order valence-electron chi connectivity index (χ2n) is 7.91. The van der Waals surface area contributed by atoms with Crippen LogP contribution >= 0.6 is 27.5 Å². The van der Waals surface area contributed by atoms with E-state index in [1.165, 1.54) is 24.3 Å². The molecule has 0 aliphatic carbocycles. The first kappa shape index (κ1) is 28.3. The zero-order valence-corrected chi connectivity index (χ0v) is 23.3. The number of aryl methyl sites for hydroxylation is 1. The van der Waals surface area contributed by atoms with Gasteiger partial charge in [-0.25, -0.2) is 21.6 Å². The molecule has 0 heterocycles. The monoisotopic (exact) mass is 613 g/mol. The van der Waals surface area contributed by atoms with E-state index in [2.05, 4.69) is 26.0 Å². The molecular weight excluding hydrogens is 590 g/mol. The van der Waals surface area contributed by atoms with E-state index < -0.39 is 32.5 Å². The molecule has 3 rings (SSSR count). The predicted molar refractivity (Wildman–Crippen MR) is 143 cm³/mol. The maximum absolute atomic E-state index is 13.3. The maximum Gasteiger partial charge on any atom is 0.243 e. The maximum atomic E-state index is 13.3. The number of nitrogens with zero attached hydrogens (tertiary/aromatic N) is 1. The van der Waals surface area contributed by atoms with Gasteiger partial charge in [0.05, 0.1) is 16.3 Å². The molecule has 0 aromatic heterocycles. The lowest BCUT2D eigenvalue weighted by molar-refractivity contribution is -0.121. The highest BCUT2D eigenvalue weighted by Crippen LogP contribution is 2.21. The fraction of sp³-hybridized carbons (Fsp3) is 0.208. The Kier molecular flexibility index (Phi) is 9.67. The second kappa shape index (κ2) is 12.3. The zero-order chi connectivity index (χ0) is 26.3. The Labute approximate surface area is 224 Å². The molecule has 0 spiro atoms. The summed E-state index contributed by atoms with van der Waals surface area (Å²) in [4.78, 5) is 12.8. The van der Waals surface area contributed by atoms with Gasteiger partial charge in [0.15, 0.2) is 0 Å². The largest absolute Gasteiger partial charge is 0.354 e. The number of amides is 1. The van der Waals surface area contributed by atoms with E-state index in [-0.39, 0.29) is 29.4 Å². The van der Waals surface area contributed by atoms with Gasteiger partial charge < -0.3 is 5.32 Å². The lowest BCUT2D eigenvalue weighted by atomic mass is 10.2. The van der Waals surface area contributed by atoms with E-state index in [0.29, 0.717) is 10.6 Å². The highest BCUT2D eigenvalue weighted by molar-refractivity contribution is 9.10. The van der Waals surface area contributed by atoms with E-state index in [4.69, 9.17) is 11.6 Å². The van der Waals surface area contributed by atoms with Crippen molar-refractivity contribution in [3.05, 3.63) is 93.4 Å². The van der Waals surface area contributed by atoms with Crippen molar-refractivity contribution in [2.45, 2.75) is 23.3 Å². The zero-order valence-electron chi connectivity index (χ0n) is 19.3. The van der Waals surface area contributed by atoms with E-state index in [9.17, 15) is 21.6 Å². The average Bonchev–Trinajstić information content (AvgIpc) is 2.83. The van der Waals surface area contributed by atoms with Crippen molar-refractivity contribution in [2.24, 2.45) is 0 Å². The van der Waals surface area contributed by atoms with E-state index >= 15 is 0 Å². The Morgan fingerprint density at radius 1 is 0.861 bits per heavy atom. The number of halogens is 2. The van der Waals surface area contributed by atoms with Crippen molar-refractivity contribution < 1.29 is 21.6 Å². The van der Waals surface area contributed by atoms with Gasteiger partial charge in [-0.15, -0.1) is 0 Å². The van der Waals surface area contributed by atoms with Gasteiger partial charge in [-0.1, -0.05) is 57.4 Å². The molecule has 12 heteroatoms. The summed E-state index contributed by atoms with van der Waals surface area (Å²) in [5, 5.41) is 3.08. The lowest BCUT2D eigenvalue weighted by Crippen LogP contribution is -2.42. The third-order valence-electron chi connectivity index (χ3n) is 5.11. The molecule has 3 aromatic rings. The van der Waals surface area contributed by atoms with Crippen LogP contribution < -0.4 is 10.0 Å². The number of nitrogens with one attached hydrogen (secondary N) is 2. The van der Waals surface area contributed by atoms with Crippen LogP contribution in [0.1, 0.15) is 11.1 Å². The molecule has 192 valence electrons. The summed E-state index contributed by atoms with van der Waals surface area (Å²) in [7, 11) is -7.73. The molecule has 0 fully saturated rings. The molecule has 0 aliphatic heterocycles. The topological polar surface area (TPSA) is 113 Å². The molecule has 1 amide bonds. The van der Waals surface area contributed by atoms with Gasteiger partial charge in [-0.2, -0.15) is 4.31 Å². The summed E-state index contributed by atoms with van der Waals surface area (Å²) in [5.41, 5.74) is 1.58. The van der Waals surface area contributed by atoms with Crippen LogP contribution in [-0.4, -0.2) is 46.7 Å². The molecule has 0 saturated carbocycles. The minimum absolute atomic E-state index is 0.0168. The molecule has 2 N–H and O–H groups in total. The van der Waals surface area contributed by atoms with Crippen molar-refractivity contribution in [3.8, 4) is 0 Å². The van der Waals surface area contributed by atoms with Gasteiger partial charge in [0.25, 0.3) is 0 Å². The van der Waals surface area contributed by atoms with Crippen LogP contribution in [0.15, 0.2) is 87.1 Å². The summed E-state index contributed by atoms with van der Waals surface area (Å²) in [6.07, 6.45) is 0. The Morgan fingerprint density at radius 3 is 2.06 bits per heavy atom. The summed E-state index contributed by atoms with van der Waals surface area (Å²) < 4.78 is 55.6. The lowest BCUT2D eigenvalue weighted by Gasteiger charge is -2.22. The van der Waals surface area contributed by atoms with Gasteiger partial charge in [0, 0.05) is 29.1 Å². The number of carbonyl (C=O) groups excluding carboxylic acids is 1. The average molecular weight is 615 g/mol. The molecule has 0 aliphatic rings. The second-order valence-corrected chi connectivity index (χ2v) is 13.0. The fourth-order valence-corrected chi connectivity index (χ4v) is 5.99. The van der Waals surface area contributed by atoms with Crippen molar-refractivity contribution in [3.63, 3.8) is 0 Å². The third-order valence-corrected chi connectivity index (χ3v) is 9.18. The van der Waals surface area contributed by atoms with Crippen LogP contribution in [0.25, 0.3) is 0 Å². The Morgan fingerprint density at radius 2 is 1.44 bits per heavy atom. The van der Waals surface area contributed by atoms with Crippen molar-refractivity contribution in [1.82, 2.24) is 14.3 Å². The standard InChI is InChI=1S/C24H25BrClN3O5S2/c1-18-2-10-22(11-3-18)35(31,32)28-15-14-27-24(30)17-29(16-19-4-8-21(26)9-5-19)36(33,34)23-12-6-20(25)7-13-23/h2-13,28H,14-17H2,1H3,(H,27,30). The van der Waals surface area contributed by atoms with Crippen molar-refractivity contribution in [2.75, 3.05) is 19.6 Å². The summed E-state index contributed by atoms with van der Waals surface area (Å²) >= 11 is 9.22. The Balaban J connectivity index is 1.66. The first-order valence-electron chi connectivity index (χ1n) is 10.8. The molecule has 36 heavy (non-hydrogen) atoms. The number of sulfonamides is 2.